The topological polar surface area (TPSA) is 74.2 Å². The molecule has 0 aliphatic rings. The van der Waals surface area contributed by atoms with Crippen molar-refractivity contribution in [2.75, 3.05) is 20.8 Å². The number of aliphatic hydroxyl groups excluding tert-OH is 1. The van der Waals surface area contributed by atoms with Crippen molar-refractivity contribution >= 4 is 14.3 Å². The van der Waals surface area contributed by atoms with Gasteiger partial charge in [-0.3, -0.25) is 4.79 Å². The van der Waals surface area contributed by atoms with Crippen LogP contribution in [0.3, 0.4) is 0 Å². The standard InChI is InChI=1S/C27H46O6Si/c1-10-22(16-20(2)18-32-19-21-14-12-11-13-15-21)25(29)26(31-7)23(17-24(28)30-6)33-34(8,9)27(3,4)5/h10-15,20,22-23,25-26,29H,1,16-19H2,2-9H3/t20-,22+,23-,25+,26+/m1/s1. The summed E-state index contributed by atoms with van der Waals surface area (Å²) in [5.74, 6) is -0.446. The van der Waals surface area contributed by atoms with E-state index in [4.69, 9.17) is 18.6 Å². The van der Waals surface area contributed by atoms with Crippen LogP contribution in [0.2, 0.25) is 18.1 Å². The van der Waals surface area contributed by atoms with Gasteiger partial charge in [0.15, 0.2) is 8.32 Å². The van der Waals surface area contributed by atoms with E-state index in [-0.39, 0.29) is 23.3 Å². The molecule has 194 valence electrons. The van der Waals surface area contributed by atoms with Crippen LogP contribution < -0.4 is 0 Å². The van der Waals surface area contributed by atoms with Gasteiger partial charge >= 0.3 is 5.97 Å². The number of benzene rings is 1. The van der Waals surface area contributed by atoms with Gasteiger partial charge in [-0.25, -0.2) is 0 Å². The van der Waals surface area contributed by atoms with Gasteiger partial charge in [-0.1, -0.05) is 64.1 Å². The number of methoxy groups -OCH3 is 2. The lowest BCUT2D eigenvalue weighted by atomic mass is 9.87. The van der Waals surface area contributed by atoms with Crippen LogP contribution in [0.5, 0.6) is 0 Å². The lowest BCUT2D eigenvalue weighted by Crippen LogP contribution is -2.52. The summed E-state index contributed by atoms with van der Waals surface area (Å²) in [4.78, 5) is 12.2. The van der Waals surface area contributed by atoms with Crippen molar-refractivity contribution in [2.45, 2.75) is 83.6 Å². The van der Waals surface area contributed by atoms with E-state index in [0.717, 1.165) is 5.56 Å². The molecule has 34 heavy (non-hydrogen) atoms. The molecule has 0 unspecified atom stereocenters. The molecule has 1 N–H and O–H groups in total. The van der Waals surface area contributed by atoms with Crippen LogP contribution in [0.4, 0.5) is 0 Å². The first-order valence-electron chi connectivity index (χ1n) is 12.1. The molecule has 1 rings (SSSR count). The van der Waals surface area contributed by atoms with Crippen molar-refractivity contribution in [3.05, 3.63) is 48.6 Å². The Kier molecular flexibility index (Phi) is 12.7. The minimum absolute atomic E-state index is 0.0121. The van der Waals surface area contributed by atoms with Gasteiger partial charge in [0.2, 0.25) is 0 Å². The Labute approximate surface area is 207 Å². The normalized spacial score (nSPS) is 16.9. The molecule has 5 atom stereocenters. The van der Waals surface area contributed by atoms with E-state index in [0.29, 0.717) is 19.6 Å². The van der Waals surface area contributed by atoms with Crippen LogP contribution in [0.1, 0.15) is 46.1 Å². The zero-order chi connectivity index (χ0) is 25.9. The van der Waals surface area contributed by atoms with E-state index in [9.17, 15) is 9.90 Å². The van der Waals surface area contributed by atoms with E-state index < -0.39 is 32.6 Å². The summed E-state index contributed by atoms with van der Waals surface area (Å²) in [5, 5.41) is 11.3. The van der Waals surface area contributed by atoms with Gasteiger partial charge in [0, 0.05) is 19.6 Å². The second-order valence-electron chi connectivity index (χ2n) is 10.6. The highest BCUT2D eigenvalue weighted by Gasteiger charge is 2.44. The molecular formula is C27H46O6Si. The second kappa shape index (κ2) is 14.1. The van der Waals surface area contributed by atoms with Crippen molar-refractivity contribution < 1.29 is 28.5 Å². The van der Waals surface area contributed by atoms with Crippen molar-refractivity contribution in [1.29, 1.82) is 0 Å². The molecule has 0 aromatic heterocycles. The maximum atomic E-state index is 12.2. The maximum Gasteiger partial charge on any atom is 0.308 e. The summed E-state index contributed by atoms with van der Waals surface area (Å²) in [6.45, 7) is 17.8. The van der Waals surface area contributed by atoms with Gasteiger partial charge in [0.25, 0.3) is 0 Å². The van der Waals surface area contributed by atoms with E-state index in [1.54, 1.807) is 13.2 Å². The molecule has 0 amide bonds. The molecule has 0 bridgehead atoms. The van der Waals surface area contributed by atoms with Gasteiger partial charge < -0.3 is 23.7 Å². The Balaban J connectivity index is 2.89. The van der Waals surface area contributed by atoms with Crippen LogP contribution in [-0.4, -0.2) is 58.5 Å². The number of hydrogen-bond acceptors (Lipinski definition) is 6. The number of aliphatic hydroxyl groups is 1. The minimum atomic E-state index is -2.24. The van der Waals surface area contributed by atoms with Crippen LogP contribution in [0.15, 0.2) is 43.0 Å². The smallest absolute Gasteiger partial charge is 0.308 e. The molecular weight excluding hydrogens is 448 g/mol. The third-order valence-electron chi connectivity index (χ3n) is 6.75. The predicted molar refractivity (Wildman–Crippen MR) is 139 cm³/mol. The average Bonchev–Trinajstić information content (AvgIpc) is 2.77. The van der Waals surface area contributed by atoms with Crippen molar-refractivity contribution in [1.82, 2.24) is 0 Å². The summed E-state index contributed by atoms with van der Waals surface area (Å²) in [7, 11) is 0.652. The monoisotopic (exact) mass is 494 g/mol. The molecule has 0 saturated heterocycles. The van der Waals surface area contributed by atoms with E-state index in [1.807, 2.05) is 30.3 Å². The fourth-order valence-corrected chi connectivity index (χ4v) is 4.97. The Morgan fingerprint density at radius 3 is 2.29 bits per heavy atom. The van der Waals surface area contributed by atoms with Crippen LogP contribution in [0.25, 0.3) is 0 Å². The zero-order valence-electron chi connectivity index (χ0n) is 22.4. The molecule has 7 heteroatoms. The average molecular weight is 495 g/mol. The summed E-state index contributed by atoms with van der Waals surface area (Å²) < 4.78 is 23.1. The predicted octanol–water partition coefficient (Wildman–Crippen LogP) is 5.36. The number of hydrogen-bond donors (Lipinski definition) is 1. The van der Waals surface area contributed by atoms with Crippen LogP contribution in [-0.2, 0) is 30.0 Å². The van der Waals surface area contributed by atoms with Crippen LogP contribution >= 0.6 is 0 Å². The number of rotatable bonds is 15. The fourth-order valence-electron chi connectivity index (χ4n) is 3.64. The third-order valence-corrected chi connectivity index (χ3v) is 11.3. The number of ether oxygens (including phenoxy) is 3. The van der Waals surface area contributed by atoms with Gasteiger partial charge in [-0.15, -0.1) is 6.58 Å². The second-order valence-corrected chi connectivity index (χ2v) is 15.4. The molecule has 1 aromatic carbocycles. The lowest BCUT2D eigenvalue weighted by molar-refractivity contribution is -0.148. The molecule has 0 aliphatic carbocycles. The number of esters is 1. The Hall–Kier alpha value is -1.51. The molecule has 0 fully saturated rings. The molecule has 0 saturated carbocycles. The first-order valence-corrected chi connectivity index (χ1v) is 15.0. The fraction of sp³-hybridized carbons (Fsp3) is 0.667. The third kappa shape index (κ3) is 9.62. The molecule has 0 spiro atoms. The largest absolute Gasteiger partial charge is 0.469 e. The molecule has 0 radical (unpaired) electrons. The summed E-state index contributed by atoms with van der Waals surface area (Å²) in [5.41, 5.74) is 1.13. The van der Waals surface area contributed by atoms with E-state index in [1.165, 1.54) is 7.11 Å². The highest BCUT2D eigenvalue weighted by molar-refractivity contribution is 6.74. The highest BCUT2D eigenvalue weighted by atomic mass is 28.4. The highest BCUT2D eigenvalue weighted by Crippen LogP contribution is 2.39. The first-order chi connectivity index (χ1) is 15.9. The Morgan fingerprint density at radius 1 is 1.18 bits per heavy atom. The molecule has 0 aliphatic heterocycles. The summed E-state index contributed by atoms with van der Waals surface area (Å²) in [6, 6.07) is 10.0. The van der Waals surface area contributed by atoms with Gasteiger partial charge in [-0.2, -0.15) is 0 Å². The SMILES string of the molecule is C=C[C@@H](C[C@@H](C)COCc1ccccc1)[C@H](O)[C@@H](OC)[C@@H](CC(=O)OC)O[Si](C)(C)C(C)(C)C. The Bertz CT molecular complexity index is 730. The lowest BCUT2D eigenvalue weighted by Gasteiger charge is -2.42. The molecule has 0 heterocycles. The quantitative estimate of drug-likeness (QED) is 0.201. The van der Waals surface area contributed by atoms with Crippen molar-refractivity contribution in [3.63, 3.8) is 0 Å². The van der Waals surface area contributed by atoms with Gasteiger partial charge in [-0.05, 0) is 36.0 Å². The Morgan fingerprint density at radius 2 is 1.79 bits per heavy atom. The van der Waals surface area contributed by atoms with Crippen molar-refractivity contribution in [3.8, 4) is 0 Å². The zero-order valence-corrected chi connectivity index (χ0v) is 23.4. The van der Waals surface area contributed by atoms with Gasteiger partial charge in [0.1, 0.15) is 6.10 Å². The van der Waals surface area contributed by atoms with Crippen LogP contribution in [0, 0.1) is 11.8 Å². The maximum absolute atomic E-state index is 12.2. The summed E-state index contributed by atoms with van der Waals surface area (Å²) >= 11 is 0. The molecule has 1 aromatic rings. The minimum Gasteiger partial charge on any atom is -0.469 e. The van der Waals surface area contributed by atoms with Gasteiger partial charge in [0.05, 0.1) is 32.3 Å². The van der Waals surface area contributed by atoms with E-state index >= 15 is 0 Å². The first kappa shape index (κ1) is 30.5. The van der Waals surface area contributed by atoms with Crippen molar-refractivity contribution in [2.24, 2.45) is 11.8 Å². The number of carbonyl (C=O) groups excluding carboxylic acids is 1. The number of carbonyl (C=O) groups is 1. The molecule has 6 nitrogen and oxygen atoms in total. The summed E-state index contributed by atoms with van der Waals surface area (Å²) in [6.07, 6.45) is 0.224. The van der Waals surface area contributed by atoms with E-state index in [2.05, 4.69) is 47.4 Å².